The van der Waals surface area contributed by atoms with E-state index in [2.05, 4.69) is 47.8 Å². The number of carbonyl (C=O) groups is 2. The fourth-order valence-electron chi connectivity index (χ4n) is 1.82. The third-order valence-corrected chi connectivity index (χ3v) is 4.55. The van der Waals surface area contributed by atoms with Gasteiger partial charge in [0.2, 0.25) is 0 Å². The highest BCUT2D eigenvalue weighted by Gasteiger charge is 2.26. The first-order valence-corrected chi connectivity index (χ1v) is 9.85. The Labute approximate surface area is 167 Å². The van der Waals surface area contributed by atoms with Crippen LogP contribution in [-0.2, 0) is 9.47 Å². The molecule has 1 rings (SSSR count). The molecule has 0 fully saturated rings. The standard InChI is InChI=1S/C16H20Br3NO4/c1-6-23-14(21)10-7-11(17)9(13(18)19)8-12(10)20(5)15(22)24-16(2,3)4/h7-8,13H,6H2,1-5H3. The highest BCUT2D eigenvalue weighted by atomic mass is 79.9. The summed E-state index contributed by atoms with van der Waals surface area (Å²) in [6, 6.07) is 3.37. The van der Waals surface area contributed by atoms with Gasteiger partial charge in [-0.15, -0.1) is 0 Å². The average molecular weight is 530 g/mol. The number of benzene rings is 1. The zero-order valence-corrected chi connectivity index (χ0v) is 18.9. The molecule has 134 valence electrons. The van der Waals surface area contributed by atoms with Crippen molar-refractivity contribution in [3.63, 3.8) is 0 Å². The molecule has 0 spiro atoms. The highest BCUT2D eigenvalue weighted by molar-refractivity contribution is 9.24. The molecule has 0 unspecified atom stereocenters. The molecule has 0 saturated carbocycles. The van der Waals surface area contributed by atoms with Gasteiger partial charge in [-0.3, -0.25) is 4.90 Å². The van der Waals surface area contributed by atoms with Crippen LogP contribution in [0.3, 0.4) is 0 Å². The van der Waals surface area contributed by atoms with Crippen molar-refractivity contribution in [2.45, 2.75) is 37.0 Å². The van der Waals surface area contributed by atoms with Gasteiger partial charge in [0.1, 0.15) is 5.60 Å². The second kappa shape index (κ2) is 8.67. The maximum atomic E-state index is 12.4. The molecule has 0 heterocycles. The van der Waals surface area contributed by atoms with Crippen molar-refractivity contribution in [2.75, 3.05) is 18.6 Å². The molecule has 1 aromatic rings. The summed E-state index contributed by atoms with van der Waals surface area (Å²) in [6.07, 6.45) is -0.554. The van der Waals surface area contributed by atoms with Crippen LogP contribution in [0.4, 0.5) is 10.5 Å². The summed E-state index contributed by atoms with van der Waals surface area (Å²) in [7, 11) is 1.56. The molecule has 0 aliphatic heterocycles. The van der Waals surface area contributed by atoms with E-state index >= 15 is 0 Å². The summed E-state index contributed by atoms with van der Waals surface area (Å²) >= 11 is 10.3. The average Bonchev–Trinajstić information content (AvgIpc) is 2.44. The van der Waals surface area contributed by atoms with E-state index in [0.29, 0.717) is 10.2 Å². The van der Waals surface area contributed by atoms with Crippen molar-refractivity contribution in [1.82, 2.24) is 0 Å². The molecule has 0 atom stereocenters. The number of ether oxygens (including phenoxy) is 2. The molecule has 8 heteroatoms. The van der Waals surface area contributed by atoms with Crippen molar-refractivity contribution in [1.29, 1.82) is 0 Å². The van der Waals surface area contributed by atoms with Gasteiger partial charge in [0.25, 0.3) is 0 Å². The van der Waals surface area contributed by atoms with Gasteiger partial charge in [0, 0.05) is 11.5 Å². The monoisotopic (exact) mass is 527 g/mol. The third-order valence-electron chi connectivity index (χ3n) is 2.87. The van der Waals surface area contributed by atoms with Crippen molar-refractivity contribution < 1.29 is 19.1 Å². The van der Waals surface area contributed by atoms with Gasteiger partial charge in [0.15, 0.2) is 0 Å². The molecule has 1 aromatic carbocycles. The molecule has 0 bridgehead atoms. The largest absolute Gasteiger partial charge is 0.462 e. The Morgan fingerprint density at radius 2 is 1.83 bits per heavy atom. The van der Waals surface area contributed by atoms with Gasteiger partial charge < -0.3 is 9.47 Å². The van der Waals surface area contributed by atoms with Crippen LogP contribution in [0.5, 0.6) is 0 Å². The fraction of sp³-hybridized carbons (Fsp3) is 0.500. The summed E-state index contributed by atoms with van der Waals surface area (Å²) in [4.78, 5) is 25.9. The lowest BCUT2D eigenvalue weighted by Gasteiger charge is -2.26. The first kappa shape index (κ1) is 21.4. The molecule has 0 saturated heterocycles. The molecular formula is C16H20Br3NO4. The van der Waals surface area contributed by atoms with Crippen LogP contribution in [0, 0.1) is 0 Å². The molecule has 0 radical (unpaired) electrons. The zero-order valence-electron chi connectivity index (χ0n) is 14.2. The van der Waals surface area contributed by atoms with E-state index < -0.39 is 17.7 Å². The van der Waals surface area contributed by atoms with E-state index in [4.69, 9.17) is 9.47 Å². The number of esters is 1. The van der Waals surface area contributed by atoms with E-state index in [-0.39, 0.29) is 15.9 Å². The number of carbonyl (C=O) groups excluding carboxylic acids is 2. The van der Waals surface area contributed by atoms with Crippen LogP contribution < -0.4 is 4.90 Å². The molecule has 0 aliphatic rings. The predicted molar refractivity (Wildman–Crippen MR) is 105 cm³/mol. The Morgan fingerprint density at radius 1 is 1.25 bits per heavy atom. The first-order chi connectivity index (χ1) is 11.0. The first-order valence-electron chi connectivity index (χ1n) is 7.23. The quantitative estimate of drug-likeness (QED) is 0.366. The number of anilines is 1. The van der Waals surface area contributed by atoms with E-state index in [9.17, 15) is 9.59 Å². The second-order valence-corrected chi connectivity index (χ2v) is 9.87. The summed E-state index contributed by atoms with van der Waals surface area (Å²) in [5.74, 6) is -0.504. The lowest BCUT2D eigenvalue weighted by atomic mass is 10.1. The minimum absolute atomic E-state index is 0.151. The number of hydrogen-bond acceptors (Lipinski definition) is 4. The molecule has 24 heavy (non-hydrogen) atoms. The van der Waals surface area contributed by atoms with Crippen molar-refractivity contribution in [2.24, 2.45) is 0 Å². The Balaban J connectivity index is 3.38. The van der Waals surface area contributed by atoms with Crippen molar-refractivity contribution >= 4 is 65.5 Å². The van der Waals surface area contributed by atoms with Gasteiger partial charge in [0.05, 0.1) is 21.6 Å². The van der Waals surface area contributed by atoms with Gasteiger partial charge in [-0.05, 0) is 45.4 Å². The van der Waals surface area contributed by atoms with E-state index in [1.807, 2.05) is 0 Å². The molecule has 0 aliphatic carbocycles. The fourth-order valence-corrected chi connectivity index (χ4v) is 3.77. The summed E-state index contributed by atoms with van der Waals surface area (Å²) in [6.45, 7) is 7.32. The topological polar surface area (TPSA) is 55.8 Å². The van der Waals surface area contributed by atoms with Gasteiger partial charge in [-0.1, -0.05) is 47.8 Å². The summed E-state index contributed by atoms with van der Waals surface area (Å²) in [5, 5.41) is 0. The number of halogens is 3. The molecule has 1 amide bonds. The third kappa shape index (κ3) is 5.74. The summed E-state index contributed by atoms with van der Waals surface area (Å²) in [5.41, 5.74) is 0.876. The van der Waals surface area contributed by atoms with Gasteiger partial charge in [-0.2, -0.15) is 0 Å². The van der Waals surface area contributed by atoms with Crippen molar-refractivity contribution in [3.8, 4) is 0 Å². The molecule has 0 aromatic heterocycles. The minimum Gasteiger partial charge on any atom is -0.462 e. The normalized spacial score (nSPS) is 11.4. The van der Waals surface area contributed by atoms with Crippen LogP contribution in [0.2, 0.25) is 0 Å². The number of amides is 1. The van der Waals surface area contributed by atoms with Gasteiger partial charge in [-0.25, -0.2) is 9.59 Å². The van der Waals surface area contributed by atoms with E-state index in [1.165, 1.54) is 4.90 Å². The van der Waals surface area contributed by atoms with Crippen LogP contribution >= 0.6 is 47.8 Å². The summed E-state index contributed by atoms with van der Waals surface area (Å²) < 4.78 is 11.0. The lowest BCUT2D eigenvalue weighted by Crippen LogP contribution is -2.35. The van der Waals surface area contributed by atoms with Gasteiger partial charge >= 0.3 is 12.1 Å². The van der Waals surface area contributed by atoms with E-state index in [0.717, 1.165) is 5.56 Å². The Morgan fingerprint density at radius 3 is 2.29 bits per heavy atom. The van der Waals surface area contributed by atoms with Crippen LogP contribution in [0.15, 0.2) is 16.6 Å². The smallest absolute Gasteiger partial charge is 0.414 e. The van der Waals surface area contributed by atoms with Crippen LogP contribution in [0.25, 0.3) is 0 Å². The Hall–Kier alpha value is -0.600. The predicted octanol–water partition coefficient (Wildman–Crippen LogP) is 5.79. The minimum atomic E-state index is -0.638. The molecular weight excluding hydrogens is 510 g/mol. The van der Waals surface area contributed by atoms with Crippen LogP contribution in [-0.4, -0.2) is 31.3 Å². The maximum Gasteiger partial charge on any atom is 0.414 e. The zero-order chi connectivity index (χ0) is 18.7. The number of hydrogen-bond donors (Lipinski definition) is 0. The Kier molecular flexibility index (Phi) is 7.75. The highest BCUT2D eigenvalue weighted by Crippen LogP contribution is 2.39. The molecule has 0 N–H and O–H groups in total. The second-order valence-electron chi connectivity index (χ2n) is 5.95. The van der Waals surface area contributed by atoms with E-state index in [1.54, 1.807) is 46.9 Å². The SMILES string of the molecule is CCOC(=O)c1cc(Br)c(C(Br)Br)cc1N(C)C(=O)OC(C)(C)C. The number of alkyl halides is 2. The maximum absolute atomic E-state index is 12.4. The lowest BCUT2D eigenvalue weighted by molar-refractivity contribution is 0.0527. The number of nitrogens with zero attached hydrogens (tertiary/aromatic N) is 1. The Bertz CT molecular complexity index is 626. The molecule has 5 nitrogen and oxygen atoms in total. The van der Waals surface area contributed by atoms with Crippen molar-refractivity contribution in [3.05, 3.63) is 27.7 Å². The number of rotatable bonds is 4. The van der Waals surface area contributed by atoms with Crippen LogP contribution in [0.1, 0.15) is 47.4 Å².